The summed E-state index contributed by atoms with van der Waals surface area (Å²) in [6.45, 7) is 4.43. The standard InChI is InChI=1S/C24H28N2O5/c1-2-30-22-15-19(24(28)25-20-8-6-17-4-3-5-18(17)14-20)7-9-21(22)31-16-23(27)26-10-12-29-13-11-26/h6-9,14-15H,2-5,10-13,16H2,1H3,(H,25,28). The monoisotopic (exact) mass is 424 g/mol. The van der Waals surface area contributed by atoms with Gasteiger partial charge in [-0.3, -0.25) is 9.59 Å². The third-order valence-corrected chi connectivity index (χ3v) is 5.58. The van der Waals surface area contributed by atoms with E-state index < -0.39 is 0 Å². The lowest BCUT2D eigenvalue weighted by Gasteiger charge is -2.26. The Bertz CT molecular complexity index is 953. The Morgan fingerprint density at radius 3 is 2.61 bits per heavy atom. The molecular formula is C24H28N2O5. The van der Waals surface area contributed by atoms with E-state index in [4.69, 9.17) is 14.2 Å². The third kappa shape index (κ3) is 5.17. The maximum atomic E-state index is 12.8. The minimum absolute atomic E-state index is 0.0826. The average molecular weight is 424 g/mol. The Balaban J connectivity index is 1.42. The summed E-state index contributed by atoms with van der Waals surface area (Å²) >= 11 is 0. The Hall–Kier alpha value is -3.06. The van der Waals surface area contributed by atoms with Gasteiger partial charge in [0.25, 0.3) is 11.8 Å². The number of hydrogen-bond donors (Lipinski definition) is 1. The minimum atomic E-state index is -0.213. The molecule has 0 atom stereocenters. The van der Waals surface area contributed by atoms with Crippen LogP contribution in [-0.4, -0.2) is 56.2 Å². The molecule has 1 fully saturated rings. The Morgan fingerprint density at radius 2 is 1.81 bits per heavy atom. The highest BCUT2D eigenvalue weighted by Crippen LogP contribution is 2.30. The molecule has 0 aromatic heterocycles. The van der Waals surface area contributed by atoms with E-state index in [-0.39, 0.29) is 18.4 Å². The maximum absolute atomic E-state index is 12.8. The van der Waals surface area contributed by atoms with Crippen molar-refractivity contribution in [1.82, 2.24) is 4.90 Å². The van der Waals surface area contributed by atoms with Crippen molar-refractivity contribution in [3.63, 3.8) is 0 Å². The molecule has 1 aliphatic carbocycles. The van der Waals surface area contributed by atoms with Crippen molar-refractivity contribution < 1.29 is 23.8 Å². The number of carbonyl (C=O) groups excluding carboxylic acids is 2. The number of carbonyl (C=O) groups is 2. The van der Waals surface area contributed by atoms with Crippen molar-refractivity contribution in [2.24, 2.45) is 0 Å². The normalized spacial score (nSPS) is 15.3. The summed E-state index contributed by atoms with van der Waals surface area (Å²) in [4.78, 5) is 26.8. The Kier molecular flexibility index (Phi) is 6.72. The molecule has 0 spiro atoms. The summed E-state index contributed by atoms with van der Waals surface area (Å²) in [5, 5.41) is 2.96. The summed E-state index contributed by atoms with van der Waals surface area (Å²) in [6.07, 6.45) is 3.33. The largest absolute Gasteiger partial charge is 0.490 e. The molecule has 31 heavy (non-hydrogen) atoms. The molecule has 2 aromatic carbocycles. The van der Waals surface area contributed by atoms with Crippen LogP contribution in [0, 0.1) is 0 Å². The van der Waals surface area contributed by atoms with Crippen molar-refractivity contribution in [1.29, 1.82) is 0 Å². The molecule has 1 aliphatic heterocycles. The van der Waals surface area contributed by atoms with Gasteiger partial charge in [-0.1, -0.05) is 6.07 Å². The summed E-state index contributed by atoms with van der Waals surface area (Å²) in [7, 11) is 0. The zero-order chi connectivity index (χ0) is 21.6. The molecule has 164 valence electrons. The number of aryl methyl sites for hydroxylation is 2. The van der Waals surface area contributed by atoms with Crippen LogP contribution in [0.15, 0.2) is 36.4 Å². The van der Waals surface area contributed by atoms with Crippen LogP contribution in [0.1, 0.15) is 34.8 Å². The highest BCUT2D eigenvalue weighted by molar-refractivity contribution is 6.04. The van der Waals surface area contributed by atoms with Crippen molar-refractivity contribution in [2.75, 3.05) is 44.8 Å². The van der Waals surface area contributed by atoms with Crippen LogP contribution in [-0.2, 0) is 22.4 Å². The molecule has 1 heterocycles. The molecule has 1 N–H and O–H groups in total. The first kappa shape index (κ1) is 21.2. The van der Waals surface area contributed by atoms with Crippen LogP contribution >= 0.6 is 0 Å². The number of rotatable bonds is 7. The van der Waals surface area contributed by atoms with Crippen LogP contribution in [0.4, 0.5) is 5.69 Å². The number of benzene rings is 2. The van der Waals surface area contributed by atoms with Crippen molar-refractivity contribution in [3.05, 3.63) is 53.1 Å². The van der Waals surface area contributed by atoms with Gasteiger partial charge in [-0.25, -0.2) is 0 Å². The number of hydrogen-bond acceptors (Lipinski definition) is 5. The van der Waals surface area contributed by atoms with Gasteiger partial charge in [0, 0.05) is 24.3 Å². The topological polar surface area (TPSA) is 77.1 Å². The van der Waals surface area contributed by atoms with Crippen LogP contribution in [0.3, 0.4) is 0 Å². The van der Waals surface area contributed by atoms with Gasteiger partial charge < -0.3 is 24.4 Å². The van der Waals surface area contributed by atoms with Gasteiger partial charge in [0.2, 0.25) is 0 Å². The molecule has 0 unspecified atom stereocenters. The smallest absolute Gasteiger partial charge is 0.260 e. The molecule has 1 saturated heterocycles. The SMILES string of the molecule is CCOc1cc(C(=O)Nc2ccc3c(c2)CCC3)ccc1OCC(=O)N1CCOCC1. The molecule has 0 saturated carbocycles. The summed E-state index contributed by atoms with van der Waals surface area (Å²) in [5.41, 5.74) is 3.93. The summed E-state index contributed by atoms with van der Waals surface area (Å²) in [5.74, 6) is 0.579. The van der Waals surface area contributed by atoms with Crippen LogP contribution in [0.25, 0.3) is 0 Å². The lowest BCUT2D eigenvalue weighted by molar-refractivity contribution is -0.137. The Morgan fingerprint density at radius 1 is 1.00 bits per heavy atom. The van der Waals surface area contributed by atoms with E-state index in [1.807, 2.05) is 13.0 Å². The van der Waals surface area contributed by atoms with E-state index in [9.17, 15) is 9.59 Å². The van der Waals surface area contributed by atoms with Crippen LogP contribution in [0.5, 0.6) is 11.5 Å². The summed E-state index contributed by atoms with van der Waals surface area (Å²) in [6, 6.07) is 11.1. The minimum Gasteiger partial charge on any atom is -0.490 e. The number of ether oxygens (including phenoxy) is 3. The van der Waals surface area contributed by atoms with Gasteiger partial charge in [-0.15, -0.1) is 0 Å². The second-order valence-electron chi connectivity index (χ2n) is 7.67. The van der Waals surface area contributed by atoms with E-state index in [2.05, 4.69) is 17.4 Å². The van der Waals surface area contributed by atoms with E-state index in [1.165, 1.54) is 17.5 Å². The predicted molar refractivity (Wildman–Crippen MR) is 117 cm³/mol. The van der Waals surface area contributed by atoms with Crippen molar-refractivity contribution in [3.8, 4) is 11.5 Å². The van der Waals surface area contributed by atoms with Crippen molar-refractivity contribution in [2.45, 2.75) is 26.2 Å². The molecule has 4 rings (SSSR count). The molecular weight excluding hydrogens is 396 g/mol. The second kappa shape index (κ2) is 9.83. The third-order valence-electron chi connectivity index (χ3n) is 5.58. The molecule has 2 aliphatic rings. The predicted octanol–water partition coefficient (Wildman–Crippen LogP) is 3.06. The van der Waals surface area contributed by atoms with Crippen LogP contribution < -0.4 is 14.8 Å². The lowest BCUT2D eigenvalue weighted by atomic mass is 10.1. The second-order valence-corrected chi connectivity index (χ2v) is 7.67. The first-order valence-corrected chi connectivity index (χ1v) is 10.8. The van der Waals surface area contributed by atoms with Gasteiger partial charge in [-0.2, -0.15) is 0 Å². The van der Waals surface area contributed by atoms with Gasteiger partial charge >= 0.3 is 0 Å². The number of nitrogens with one attached hydrogen (secondary N) is 1. The lowest BCUT2D eigenvalue weighted by Crippen LogP contribution is -2.43. The van der Waals surface area contributed by atoms with Gasteiger partial charge in [0.05, 0.1) is 19.8 Å². The van der Waals surface area contributed by atoms with Crippen LogP contribution in [0.2, 0.25) is 0 Å². The summed E-state index contributed by atoms with van der Waals surface area (Å²) < 4.78 is 16.7. The van der Waals surface area contributed by atoms with E-state index in [1.54, 1.807) is 23.1 Å². The molecule has 7 heteroatoms. The van der Waals surface area contributed by atoms with E-state index in [0.717, 1.165) is 18.5 Å². The first-order chi connectivity index (χ1) is 15.1. The molecule has 0 bridgehead atoms. The molecule has 2 aromatic rings. The number of nitrogens with zero attached hydrogens (tertiary/aromatic N) is 1. The highest BCUT2D eigenvalue weighted by atomic mass is 16.5. The van der Waals surface area contributed by atoms with E-state index in [0.29, 0.717) is 50.0 Å². The molecule has 7 nitrogen and oxygen atoms in total. The average Bonchev–Trinajstić information content (AvgIpc) is 3.26. The fourth-order valence-electron chi connectivity index (χ4n) is 3.93. The maximum Gasteiger partial charge on any atom is 0.260 e. The number of anilines is 1. The Labute approximate surface area is 182 Å². The number of fused-ring (bicyclic) bond motifs is 1. The molecule has 0 radical (unpaired) electrons. The van der Waals surface area contributed by atoms with Gasteiger partial charge in [0.15, 0.2) is 18.1 Å². The fraction of sp³-hybridized carbons (Fsp3) is 0.417. The highest BCUT2D eigenvalue weighted by Gasteiger charge is 2.19. The number of amides is 2. The zero-order valence-electron chi connectivity index (χ0n) is 17.8. The van der Waals surface area contributed by atoms with E-state index >= 15 is 0 Å². The first-order valence-electron chi connectivity index (χ1n) is 10.8. The van der Waals surface area contributed by atoms with Crippen molar-refractivity contribution >= 4 is 17.5 Å². The number of morpholine rings is 1. The zero-order valence-corrected chi connectivity index (χ0v) is 17.8. The molecule has 2 amide bonds. The van der Waals surface area contributed by atoms with Gasteiger partial charge in [-0.05, 0) is 67.6 Å². The van der Waals surface area contributed by atoms with Gasteiger partial charge in [0.1, 0.15) is 0 Å². The quantitative estimate of drug-likeness (QED) is 0.739. The fourth-order valence-corrected chi connectivity index (χ4v) is 3.93.